The maximum absolute atomic E-state index is 11.8. The van der Waals surface area contributed by atoms with Crippen LogP contribution in [0.15, 0.2) is 71.9 Å². The zero-order valence-electron chi connectivity index (χ0n) is 19.5. The van der Waals surface area contributed by atoms with Gasteiger partial charge >= 0.3 is 0 Å². The van der Waals surface area contributed by atoms with Crippen molar-refractivity contribution in [3.05, 3.63) is 89.2 Å². The molecule has 5 rings (SSSR count). The fraction of sp³-hybridized carbons (Fsp3) is 0.250. The van der Waals surface area contributed by atoms with Crippen LogP contribution in [0.25, 0.3) is 22.2 Å². The Morgan fingerprint density at radius 2 is 1.79 bits per heavy atom. The lowest BCUT2D eigenvalue weighted by molar-refractivity contribution is -0.125. The van der Waals surface area contributed by atoms with Gasteiger partial charge in [-0.05, 0) is 41.7 Å². The van der Waals surface area contributed by atoms with Crippen LogP contribution in [-0.4, -0.2) is 27.9 Å². The van der Waals surface area contributed by atoms with E-state index in [2.05, 4.69) is 71.4 Å². The fourth-order valence-corrected chi connectivity index (χ4v) is 4.41. The molecule has 1 aliphatic rings. The first-order chi connectivity index (χ1) is 16.6. The van der Waals surface area contributed by atoms with E-state index in [1.54, 1.807) is 0 Å². The zero-order valence-corrected chi connectivity index (χ0v) is 19.5. The van der Waals surface area contributed by atoms with Gasteiger partial charge < -0.3 is 14.7 Å². The van der Waals surface area contributed by atoms with Crippen molar-refractivity contribution in [3.63, 3.8) is 0 Å². The molecular formula is C28H28N4O2. The first kappa shape index (κ1) is 21.9. The second-order valence-corrected chi connectivity index (χ2v) is 8.66. The van der Waals surface area contributed by atoms with Gasteiger partial charge in [0.2, 0.25) is 0 Å². The minimum Gasteiger partial charge on any atom is -0.384 e. The molecule has 0 unspecified atom stereocenters. The van der Waals surface area contributed by atoms with Gasteiger partial charge in [0.15, 0.2) is 12.4 Å². The third-order valence-electron chi connectivity index (χ3n) is 6.21. The molecule has 6 heteroatoms. The number of aryl methyl sites for hydroxylation is 2. The van der Waals surface area contributed by atoms with E-state index in [9.17, 15) is 4.79 Å². The van der Waals surface area contributed by atoms with Gasteiger partial charge in [-0.15, -0.1) is 0 Å². The Bertz CT molecular complexity index is 1370. The van der Waals surface area contributed by atoms with Crippen LogP contribution in [0.5, 0.6) is 0 Å². The molecule has 172 valence electrons. The number of rotatable bonds is 7. The van der Waals surface area contributed by atoms with Crippen molar-refractivity contribution in [2.45, 2.75) is 39.7 Å². The summed E-state index contributed by atoms with van der Waals surface area (Å²) in [5, 5.41) is 6.85. The lowest BCUT2D eigenvalue weighted by Crippen LogP contribution is -2.37. The van der Waals surface area contributed by atoms with Crippen molar-refractivity contribution >= 4 is 22.8 Å². The fourth-order valence-electron chi connectivity index (χ4n) is 4.41. The summed E-state index contributed by atoms with van der Waals surface area (Å²) in [7, 11) is 0. The summed E-state index contributed by atoms with van der Waals surface area (Å²) >= 11 is 0. The topological polar surface area (TPSA) is 68.5 Å². The van der Waals surface area contributed by atoms with Crippen LogP contribution in [0.1, 0.15) is 42.3 Å². The predicted molar refractivity (Wildman–Crippen MR) is 135 cm³/mol. The molecule has 0 atom stereocenters. The van der Waals surface area contributed by atoms with Gasteiger partial charge in [0.1, 0.15) is 5.82 Å². The molecule has 1 amide bonds. The Morgan fingerprint density at radius 1 is 1.00 bits per heavy atom. The summed E-state index contributed by atoms with van der Waals surface area (Å²) in [6.07, 6.45) is 3.25. The van der Waals surface area contributed by atoms with Gasteiger partial charge in [0, 0.05) is 18.5 Å². The lowest BCUT2D eigenvalue weighted by atomic mass is 9.98. The number of hydrogen-bond acceptors (Lipinski definition) is 4. The van der Waals surface area contributed by atoms with Crippen molar-refractivity contribution in [2.75, 3.05) is 6.61 Å². The quantitative estimate of drug-likeness (QED) is 0.418. The second-order valence-electron chi connectivity index (χ2n) is 8.66. The molecule has 6 nitrogen and oxygen atoms in total. The second kappa shape index (κ2) is 9.51. The molecule has 0 radical (unpaired) electrons. The van der Waals surface area contributed by atoms with E-state index in [4.69, 9.17) is 9.82 Å². The molecule has 0 saturated heterocycles. The highest BCUT2D eigenvalue weighted by Crippen LogP contribution is 2.26. The maximum atomic E-state index is 11.8. The van der Waals surface area contributed by atoms with Gasteiger partial charge in [0.05, 0.1) is 11.0 Å². The Morgan fingerprint density at radius 3 is 2.56 bits per heavy atom. The van der Waals surface area contributed by atoms with Crippen molar-refractivity contribution < 1.29 is 9.63 Å². The molecule has 34 heavy (non-hydrogen) atoms. The summed E-state index contributed by atoms with van der Waals surface area (Å²) in [5.74, 6) is 1.39. The highest BCUT2D eigenvalue weighted by molar-refractivity contribution is 6.12. The number of nitrogens with zero attached hydrogens (tertiary/aromatic N) is 3. The molecule has 0 fully saturated rings. The van der Waals surface area contributed by atoms with Gasteiger partial charge in [-0.25, -0.2) is 4.98 Å². The number of para-hydroxylation sites is 1. The highest BCUT2D eigenvalue weighted by Gasteiger charge is 2.18. The first-order valence-electron chi connectivity index (χ1n) is 11.8. The van der Waals surface area contributed by atoms with Gasteiger partial charge in [-0.3, -0.25) is 4.79 Å². The number of amidine groups is 1. The molecule has 2 heterocycles. The van der Waals surface area contributed by atoms with E-state index in [-0.39, 0.29) is 12.5 Å². The molecular weight excluding hydrogens is 424 g/mol. The third-order valence-corrected chi connectivity index (χ3v) is 6.21. The van der Waals surface area contributed by atoms with E-state index in [1.165, 1.54) is 16.6 Å². The molecule has 1 aromatic heterocycles. The summed E-state index contributed by atoms with van der Waals surface area (Å²) in [5.41, 5.74) is 7.59. The highest BCUT2D eigenvalue weighted by atomic mass is 16.6. The number of oxime groups is 1. The smallest absolute Gasteiger partial charge is 0.266 e. The Balaban J connectivity index is 1.46. The standard InChI is InChI=1S/C28H28N4O2/c1-3-4-12-25-29-27-19(2)8-7-11-24(27)32(25)17-20-13-15-21(16-14-20)22-9-5-6-10-23(22)28-30-26(33)18-34-31-28/h5-11,13-16H,3-4,12,17-18H2,1-2H3,(H,30,31,33). The van der Waals surface area contributed by atoms with Crippen molar-refractivity contribution in [1.29, 1.82) is 0 Å². The normalized spacial score (nSPS) is 13.5. The van der Waals surface area contributed by atoms with Crippen LogP contribution in [0.2, 0.25) is 0 Å². The maximum Gasteiger partial charge on any atom is 0.266 e. The first-order valence-corrected chi connectivity index (χ1v) is 11.8. The number of aromatic nitrogens is 2. The van der Waals surface area contributed by atoms with Crippen LogP contribution < -0.4 is 5.32 Å². The average Bonchev–Trinajstić information content (AvgIpc) is 3.22. The molecule has 4 aromatic rings. The molecule has 1 N–H and O–H groups in total. The number of carbonyl (C=O) groups excluding carboxylic acids is 1. The molecule has 0 bridgehead atoms. The minimum atomic E-state index is -0.197. The van der Waals surface area contributed by atoms with Crippen molar-refractivity contribution in [2.24, 2.45) is 5.16 Å². The zero-order chi connectivity index (χ0) is 23.5. The van der Waals surface area contributed by atoms with Crippen LogP contribution in [0, 0.1) is 6.92 Å². The predicted octanol–water partition coefficient (Wildman–Crippen LogP) is 5.21. The number of benzene rings is 3. The minimum absolute atomic E-state index is 0.0525. The van der Waals surface area contributed by atoms with E-state index < -0.39 is 0 Å². The molecule has 0 saturated carbocycles. The van der Waals surface area contributed by atoms with Gasteiger partial charge in [-0.2, -0.15) is 0 Å². The Hall–Kier alpha value is -3.93. The summed E-state index contributed by atoms with van der Waals surface area (Å²) < 4.78 is 2.35. The summed E-state index contributed by atoms with van der Waals surface area (Å²) in [6, 6.07) is 22.8. The third kappa shape index (κ3) is 4.31. The lowest BCUT2D eigenvalue weighted by Gasteiger charge is -2.16. The van der Waals surface area contributed by atoms with E-state index in [0.29, 0.717) is 5.84 Å². The van der Waals surface area contributed by atoms with Crippen molar-refractivity contribution in [1.82, 2.24) is 14.9 Å². The largest absolute Gasteiger partial charge is 0.384 e. The SMILES string of the molecule is CCCCc1nc2c(C)cccc2n1Cc1ccc(-c2ccccc2C2=NOCC(=O)N2)cc1. The number of amides is 1. The average molecular weight is 453 g/mol. The van der Waals surface area contributed by atoms with Gasteiger partial charge in [-0.1, -0.05) is 79.2 Å². The van der Waals surface area contributed by atoms with Crippen LogP contribution in [0.3, 0.4) is 0 Å². The number of nitrogens with one attached hydrogen (secondary N) is 1. The monoisotopic (exact) mass is 452 g/mol. The Labute approximate surface area is 199 Å². The van der Waals surface area contributed by atoms with Crippen LogP contribution in [-0.2, 0) is 22.6 Å². The molecule has 0 spiro atoms. The van der Waals surface area contributed by atoms with E-state index >= 15 is 0 Å². The number of imidazole rings is 1. The van der Waals surface area contributed by atoms with E-state index in [0.717, 1.165) is 53.8 Å². The van der Waals surface area contributed by atoms with Crippen molar-refractivity contribution in [3.8, 4) is 11.1 Å². The summed E-state index contributed by atoms with van der Waals surface area (Å²) in [6.45, 7) is 5.06. The molecule has 1 aliphatic heterocycles. The number of carbonyl (C=O) groups is 1. The van der Waals surface area contributed by atoms with E-state index in [1.807, 2.05) is 24.3 Å². The van der Waals surface area contributed by atoms with Gasteiger partial charge in [0.25, 0.3) is 5.91 Å². The Kier molecular flexibility index (Phi) is 6.12. The number of unbranched alkanes of at least 4 members (excludes halogenated alkanes) is 1. The number of hydrogen-bond donors (Lipinski definition) is 1. The van der Waals surface area contributed by atoms with Crippen LogP contribution >= 0.6 is 0 Å². The number of fused-ring (bicyclic) bond motifs is 1. The molecule has 0 aliphatic carbocycles. The summed E-state index contributed by atoms with van der Waals surface area (Å²) in [4.78, 5) is 21.8. The van der Waals surface area contributed by atoms with Crippen LogP contribution in [0.4, 0.5) is 0 Å². The molecule has 3 aromatic carbocycles.